The van der Waals surface area contributed by atoms with Crippen molar-refractivity contribution in [1.29, 1.82) is 0 Å². The number of carbonyl (C=O) groups excluding carboxylic acids is 1. The predicted molar refractivity (Wildman–Crippen MR) is 87.1 cm³/mol. The first-order chi connectivity index (χ1) is 10.9. The molecular formula is C17H31FN2O3. The van der Waals surface area contributed by atoms with E-state index in [9.17, 15) is 9.18 Å². The fourth-order valence-electron chi connectivity index (χ4n) is 3.30. The van der Waals surface area contributed by atoms with Crippen molar-refractivity contribution in [2.75, 3.05) is 26.3 Å². The van der Waals surface area contributed by atoms with E-state index in [0.29, 0.717) is 12.5 Å². The lowest BCUT2D eigenvalue weighted by Crippen LogP contribution is -2.51. The van der Waals surface area contributed by atoms with Crippen molar-refractivity contribution in [2.24, 2.45) is 5.92 Å². The number of hydrogen-bond acceptors (Lipinski definition) is 3. The van der Waals surface area contributed by atoms with Gasteiger partial charge in [-0.25, -0.2) is 9.18 Å². The molecule has 1 saturated carbocycles. The molecule has 2 N–H and O–H groups in total. The van der Waals surface area contributed by atoms with Gasteiger partial charge in [-0.05, 0) is 25.2 Å². The molecule has 0 spiro atoms. The lowest BCUT2D eigenvalue weighted by molar-refractivity contribution is 0.00214. The Kier molecular flexibility index (Phi) is 6.65. The number of nitrogens with one attached hydrogen (secondary N) is 1. The van der Waals surface area contributed by atoms with E-state index in [-0.39, 0.29) is 31.1 Å². The van der Waals surface area contributed by atoms with Crippen molar-refractivity contribution < 1.29 is 19.0 Å². The Bertz CT molecular complexity index is 394. The molecule has 0 bridgehead atoms. The van der Waals surface area contributed by atoms with Crippen LogP contribution in [0.25, 0.3) is 0 Å². The maximum Gasteiger partial charge on any atom is 0.317 e. The molecule has 5 nitrogen and oxygen atoms in total. The van der Waals surface area contributed by atoms with E-state index < -0.39 is 12.3 Å². The third-order valence-electron chi connectivity index (χ3n) is 4.91. The Morgan fingerprint density at radius 2 is 2.17 bits per heavy atom. The number of hydrogen-bond donors (Lipinski definition) is 2. The number of likely N-dealkylation sites (tertiary alicyclic amines) is 1. The highest BCUT2D eigenvalue weighted by molar-refractivity contribution is 5.75. The number of amides is 2. The lowest BCUT2D eigenvalue weighted by atomic mass is 9.92. The lowest BCUT2D eigenvalue weighted by Gasteiger charge is -2.33. The Hall–Kier alpha value is -0.880. The molecule has 6 heteroatoms. The summed E-state index contributed by atoms with van der Waals surface area (Å²) in [5, 5.41) is 12.1. The van der Waals surface area contributed by atoms with Gasteiger partial charge in [0.2, 0.25) is 0 Å². The molecule has 0 radical (unpaired) electrons. The number of alkyl halides is 1. The zero-order valence-corrected chi connectivity index (χ0v) is 14.4. The molecular weight excluding hydrogens is 299 g/mol. The second kappa shape index (κ2) is 8.29. The Labute approximate surface area is 138 Å². The van der Waals surface area contributed by atoms with E-state index in [4.69, 9.17) is 9.84 Å². The van der Waals surface area contributed by atoms with Gasteiger partial charge in [0.15, 0.2) is 5.67 Å². The quantitative estimate of drug-likeness (QED) is 0.786. The number of urea groups is 1. The average Bonchev–Trinajstić information content (AvgIpc) is 2.92. The fourth-order valence-corrected chi connectivity index (χ4v) is 3.30. The molecule has 2 amide bonds. The largest absolute Gasteiger partial charge is 0.393 e. The minimum Gasteiger partial charge on any atom is -0.393 e. The van der Waals surface area contributed by atoms with E-state index >= 15 is 0 Å². The molecule has 2 aliphatic rings. The van der Waals surface area contributed by atoms with Gasteiger partial charge in [0.1, 0.15) is 0 Å². The Morgan fingerprint density at radius 3 is 2.83 bits per heavy atom. The third kappa shape index (κ3) is 5.31. The second-order valence-corrected chi connectivity index (χ2v) is 7.41. The zero-order chi connectivity index (χ0) is 16.9. The molecule has 23 heavy (non-hydrogen) atoms. The van der Waals surface area contributed by atoms with E-state index in [1.54, 1.807) is 0 Å². The molecule has 0 unspecified atom stereocenters. The number of aliphatic hydroxyl groups is 1. The first kappa shape index (κ1) is 18.5. The van der Waals surface area contributed by atoms with Crippen LogP contribution < -0.4 is 5.32 Å². The number of aliphatic hydroxyl groups excluding tert-OH is 1. The van der Waals surface area contributed by atoms with E-state index in [1.165, 1.54) is 4.90 Å². The number of halogens is 1. The van der Waals surface area contributed by atoms with Crippen LogP contribution in [0.3, 0.4) is 0 Å². The summed E-state index contributed by atoms with van der Waals surface area (Å²) in [4.78, 5) is 13.8. The Balaban J connectivity index is 1.82. The van der Waals surface area contributed by atoms with E-state index in [2.05, 4.69) is 19.2 Å². The van der Waals surface area contributed by atoms with Gasteiger partial charge >= 0.3 is 6.03 Å². The van der Waals surface area contributed by atoms with Crippen molar-refractivity contribution in [3.05, 3.63) is 0 Å². The predicted octanol–water partition coefficient (Wildman–Crippen LogP) is 2.48. The van der Waals surface area contributed by atoms with Crippen molar-refractivity contribution >= 4 is 6.03 Å². The summed E-state index contributed by atoms with van der Waals surface area (Å²) in [5.41, 5.74) is -1.64. The molecule has 3 atom stereocenters. The topological polar surface area (TPSA) is 61.8 Å². The first-order valence-corrected chi connectivity index (χ1v) is 8.90. The number of ether oxygens (including phenoxy) is 1. The SMILES string of the molecule is CC(C)CCO[C@@H]1CCCC[C@H]1NC(=O)N1CC[C@](F)(CO)C1. The molecule has 134 valence electrons. The maximum absolute atomic E-state index is 14.1. The number of rotatable bonds is 6. The minimum absolute atomic E-state index is 0.00662. The van der Waals surface area contributed by atoms with Crippen LogP contribution in [0, 0.1) is 5.92 Å². The molecule has 0 aromatic rings. The average molecular weight is 330 g/mol. The standard InChI is InChI=1S/C17H31FN2O3/c1-13(2)7-10-23-15-6-4-3-5-14(15)19-16(22)20-9-8-17(18,11-20)12-21/h13-15,21H,3-12H2,1-2H3,(H,19,22)/t14-,15-,17-/m1/s1. The normalized spacial score (nSPS) is 31.6. The smallest absolute Gasteiger partial charge is 0.317 e. The van der Waals surface area contributed by atoms with Crippen molar-refractivity contribution in [2.45, 2.75) is 70.2 Å². The van der Waals surface area contributed by atoms with Crippen LogP contribution >= 0.6 is 0 Å². The summed E-state index contributed by atoms with van der Waals surface area (Å²) in [5.74, 6) is 0.604. The molecule has 2 fully saturated rings. The van der Waals surface area contributed by atoms with Crippen LogP contribution in [0.2, 0.25) is 0 Å². The molecule has 1 aliphatic heterocycles. The highest BCUT2D eigenvalue weighted by atomic mass is 19.1. The Morgan fingerprint density at radius 1 is 1.43 bits per heavy atom. The van der Waals surface area contributed by atoms with Crippen LogP contribution in [0.1, 0.15) is 52.4 Å². The van der Waals surface area contributed by atoms with Gasteiger partial charge in [0.25, 0.3) is 0 Å². The van der Waals surface area contributed by atoms with Gasteiger partial charge in [-0.1, -0.05) is 26.7 Å². The van der Waals surface area contributed by atoms with Crippen molar-refractivity contribution in [3.8, 4) is 0 Å². The molecule has 1 heterocycles. The van der Waals surface area contributed by atoms with E-state index in [1.807, 2.05) is 0 Å². The molecule has 1 saturated heterocycles. The summed E-state index contributed by atoms with van der Waals surface area (Å²) in [6.07, 6.45) is 5.36. The van der Waals surface area contributed by atoms with Gasteiger partial charge in [-0.15, -0.1) is 0 Å². The van der Waals surface area contributed by atoms with Crippen LogP contribution in [0.15, 0.2) is 0 Å². The molecule has 0 aromatic heterocycles. The summed E-state index contributed by atoms with van der Waals surface area (Å²) in [6, 6.07) is -0.227. The number of nitrogens with zero attached hydrogens (tertiary/aromatic N) is 1. The van der Waals surface area contributed by atoms with Crippen LogP contribution in [-0.2, 0) is 4.74 Å². The zero-order valence-electron chi connectivity index (χ0n) is 14.4. The van der Waals surface area contributed by atoms with Crippen molar-refractivity contribution in [1.82, 2.24) is 10.2 Å². The maximum atomic E-state index is 14.1. The summed E-state index contributed by atoms with van der Waals surface area (Å²) < 4.78 is 20.0. The molecule has 0 aromatic carbocycles. The van der Waals surface area contributed by atoms with Gasteiger partial charge in [-0.3, -0.25) is 0 Å². The molecule has 2 rings (SSSR count). The minimum atomic E-state index is -1.64. The molecule has 1 aliphatic carbocycles. The van der Waals surface area contributed by atoms with Gasteiger partial charge < -0.3 is 20.1 Å². The monoisotopic (exact) mass is 330 g/mol. The van der Waals surface area contributed by atoms with Crippen molar-refractivity contribution in [3.63, 3.8) is 0 Å². The first-order valence-electron chi connectivity index (χ1n) is 8.90. The van der Waals surface area contributed by atoms with Crippen LogP contribution in [-0.4, -0.2) is 60.2 Å². The number of carbonyl (C=O) groups is 1. The van der Waals surface area contributed by atoms with Crippen LogP contribution in [0.4, 0.5) is 9.18 Å². The summed E-state index contributed by atoms with van der Waals surface area (Å²) >= 11 is 0. The van der Waals surface area contributed by atoms with Gasteiger partial charge in [-0.2, -0.15) is 0 Å². The van der Waals surface area contributed by atoms with Gasteiger partial charge in [0, 0.05) is 19.6 Å². The van der Waals surface area contributed by atoms with Crippen LogP contribution in [0.5, 0.6) is 0 Å². The summed E-state index contributed by atoms with van der Waals surface area (Å²) in [7, 11) is 0. The highest BCUT2D eigenvalue weighted by Gasteiger charge is 2.40. The fraction of sp³-hybridized carbons (Fsp3) is 0.941. The highest BCUT2D eigenvalue weighted by Crippen LogP contribution is 2.26. The van der Waals surface area contributed by atoms with E-state index in [0.717, 1.165) is 38.7 Å². The van der Waals surface area contributed by atoms with Gasteiger partial charge in [0.05, 0.1) is 25.3 Å². The second-order valence-electron chi connectivity index (χ2n) is 7.41. The summed E-state index contributed by atoms with van der Waals surface area (Å²) in [6.45, 7) is 4.86. The third-order valence-corrected chi connectivity index (χ3v) is 4.91.